The van der Waals surface area contributed by atoms with E-state index in [9.17, 15) is 9.90 Å². The molecule has 0 saturated carbocycles. The molecule has 1 heterocycles. The largest absolute Gasteiger partial charge is 0.469 e. The molecule has 0 bridgehead atoms. The number of hydrogen-bond acceptors (Lipinski definition) is 4. The number of esters is 1. The van der Waals surface area contributed by atoms with E-state index in [0.29, 0.717) is 6.54 Å². The number of hydrogen-bond donors (Lipinski definition) is 1. The van der Waals surface area contributed by atoms with Crippen LogP contribution in [0.3, 0.4) is 0 Å². The fourth-order valence-corrected chi connectivity index (χ4v) is 2.19. The van der Waals surface area contributed by atoms with Gasteiger partial charge in [-0.05, 0) is 18.1 Å². The minimum Gasteiger partial charge on any atom is -0.469 e. The number of rotatable bonds is 4. The van der Waals surface area contributed by atoms with Gasteiger partial charge in [-0.15, -0.1) is 0 Å². The molecule has 1 aromatic carbocycles. The fraction of sp³-hybridized carbons (Fsp3) is 0.462. The van der Waals surface area contributed by atoms with E-state index in [1.54, 1.807) is 0 Å². The molecule has 0 amide bonds. The molecule has 1 unspecified atom stereocenters. The van der Waals surface area contributed by atoms with E-state index < -0.39 is 6.10 Å². The van der Waals surface area contributed by atoms with E-state index in [2.05, 4.69) is 15.7 Å². The number of benzene rings is 1. The van der Waals surface area contributed by atoms with Crippen molar-refractivity contribution in [2.75, 3.05) is 25.1 Å². The van der Waals surface area contributed by atoms with Crippen molar-refractivity contribution in [1.29, 1.82) is 0 Å². The van der Waals surface area contributed by atoms with Crippen molar-refractivity contribution < 1.29 is 14.6 Å². The molecule has 1 N–H and O–H groups in total. The van der Waals surface area contributed by atoms with Crippen LogP contribution in [0, 0.1) is 0 Å². The van der Waals surface area contributed by atoms with Crippen LogP contribution in [0.1, 0.15) is 12.0 Å². The van der Waals surface area contributed by atoms with Crippen molar-refractivity contribution in [3.05, 3.63) is 29.8 Å². The maximum Gasteiger partial charge on any atom is 0.308 e. The Morgan fingerprint density at radius 1 is 1.53 bits per heavy atom. The van der Waals surface area contributed by atoms with Gasteiger partial charge < -0.3 is 14.7 Å². The molecule has 17 heavy (non-hydrogen) atoms. The lowest BCUT2D eigenvalue weighted by Gasteiger charge is -2.22. The lowest BCUT2D eigenvalue weighted by molar-refractivity contribution is -0.142. The molecule has 4 heteroatoms. The van der Waals surface area contributed by atoms with Crippen molar-refractivity contribution in [1.82, 2.24) is 0 Å². The van der Waals surface area contributed by atoms with Crippen molar-refractivity contribution >= 4 is 11.7 Å². The highest BCUT2D eigenvalue weighted by atomic mass is 16.5. The van der Waals surface area contributed by atoms with E-state index in [1.165, 1.54) is 12.7 Å². The molecular formula is C13H17NO3. The molecule has 1 atom stereocenters. The summed E-state index contributed by atoms with van der Waals surface area (Å²) < 4.78 is 4.54. The van der Waals surface area contributed by atoms with Gasteiger partial charge >= 0.3 is 5.97 Å². The zero-order valence-corrected chi connectivity index (χ0v) is 9.93. The van der Waals surface area contributed by atoms with Gasteiger partial charge in [0.25, 0.3) is 0 Å². The molecule has 92 valence electrons. The highest BCUT2D eigenvalue weighted by Crippen LogP contribution is 2.27. The predicted octanol–water partition coefficient (Wildman–Crippen LogP) is 0.973. The standard InChI is InChI=1S/C13H17NO3/c1-17-13(16)8-11(15)9-14-7-6-10-4-2-3-5-12(10)14/h2-5,11,15H,6-9H2,1H3. The number of methoxy groups -OCH3 is 1. The second-order valence-corrected chi connectivity index (χ2v) is 4.26. The van der Waals surface area contributed by atoms with Crippen molar-refractivity contribution in [2.45, 2.75) is 18.9 Å². The second-order valence-electron chi connectivity index (χ2n) is 4.26. The van der Waals surface area contributed by atoms with Crippen LogP contribution in [0.25, 0.3) is 0 Å². The van der Waals surface area contributed by atoms with Gasteiger partial charge in [0.15, 0.2) is 0 Å². The monoisotopic (exact) mass is 235 g/mol. The fourth-order valence-electron chi connectivity index (χ4n) is 2.19. The Bertz CT molecular complexity index is 405. The molecule has 1 aromatic rings. The SMILES string of the molecule is COC(=O)CC(O)CN1CCc2ccccc21. The predicted molar refractivity (Wildman–Crippen MR) is 65.0 cm³/mol. The highest BCUT2D eigenvalue weighted by Gasteiger charge is 2.21. The first-order valence-corrected chi connectivity index (χ1v) is 5.78. The first-order valence-electron chi connectivity index (χ1n) is 5.78. The quantitative estimate of drug-likeness (QED) is 0.790. The maximum atomic E-state index is 11.0. The highest BCUT2D eigenvalue weighted by molar-refractivity contribution is 5.70. The molecule has 0 aliphatic carbocycles. The first kappa shape index (κ1) is 11.9. The van der Waals surface area contributed by atoms with Crippen LogP contribution < -0.4 is 4.90 Å². The second kappa shape index (κ2) is 5.19. The topological polar surface area (TPSA) is 49.8 Å². The lowest BCUT2D eigenvalue weighted by Crippen LogP contribution is -2.32. The summed E-state index contributed by atoms with van der Waals surface area (Å²) in [5.74, 6) is -0.370. The molecule has 0 radical (unpaired) electrons. The number of ether oxygens (including phenoxy) is 1. The molecule has 1 aliphatic rings. The summed E-state index contributed by atoms with van der Waals surface area (Å²) >= 11 is 0. The zero-order valence-electron chi connectivity index (χ0n) is 9.93. The Kier molecular flexibility index (Phi) is 3.64. The smallest absolute Gasteiger partial charge is 0.308 e. The van der Waals surface area contributed by atoms with E-state index in [0.717, 1.165) is 18.7 Å². The van der Waals surface area contributed by atoms with Crippen molar-refractivity contribution in [3.63, 3.8) is 0 Å². The van der Waals surface area contributed by atoms with E-state index >= 15 is 0 Å². The summed E-state index contributed by atoms with van der Waals surface area (Å²) in [4.78, 5) is 13.2. The normalized spacial score (nSPS) is 15.5. The van der Waals surface area contributed by atoms with Gasteiger partial charge in [0.2, 0.25) is 0 Å². The number of para-hydroxylation sites is 1. The number of β-amino-alcohol motifs (C(OH)–C–C–N with tert-alkyl or cyclic N) is 1. The number of anilines is 1. The van der Waals surface area contributed by atoms with Crippen LogP contribution in [0.2, 0.25) is 0 Å². The summed E-state index contributed by atoms with van der Waals surface area (Å²) in [5, 5.41) is 9.79. The molecular weight excluding hydrogens is 218 g/mol. The van der Waals surface area contributed by atoms with Gasteiger partial charge in [0, 0.05) is 18.8 Å². The van der Waals surface area contributed by atoms with E-state index in [4.69, 9.17) is 0 Å². The number of fused-ring (bicyclic) bond motifs is 1. The molecule has 0 aromatic heterocycles. The third kappa shape index (κ3) is 2.77. The van der Waals surface area contributed by atoms with E-state index in [-0.39, 0.29) is 12.4 Å². The summed E-state index contributed by atoms with van der Waals surface area (Å²) in [6, 6.07) is 8.16. The van der Waals surface area contributed by atoms with Gasteiger partial charge in [0.1, 0.15) is 0 Å². The summed E-state index contributed by atoms with van der Waals surface area (Å²) in [6.45, 7) is 1.38. The summed E-state index contributed by atoms with van der Waals surface area (Å²) in [6.07, 6.45) is 0.379. The summed E-state index contributed by atoms with van der Waals surface area (Å²) in [5.41, 5.74) is 2.47. The van der Waals surface area contributed by atoms with Crippen LogP contribution in [-0.4, -0.2) is 37.4 Å². The third-order valence-electron chi connectivity index (χ3n) is 3.04. The van der Waals surface area contributed by atoms with Gasteiger partial charge in [-0.3, -0.25) is 4.79 Å². The Hall–Kier alpha value is -1.55. The van der Waals surface area contributed by atoms with Crippen molar-refractivity contribution in [3.8, 4) is 0 Å². The van der Waals surface area contributed by atoms with Crippen LogP contribution in [-0.2, 0) is 16.0 Å². The first-order chi connectivity index (χ1) is 8.20. The Labute approximate surface area is 101 Å². The molecule has 2 rings (SSSR count). The minimum atomic E-state index is -0.673. The average Bonchev–Trinajstić information content (AvgIpc) is 2.72. The van der Waals surface area contributed by atoms with Gasteiger partial charge in [-0.25, -0.2) is 0 Å². The molecule has 0 saturated heterocycles. The van der Waals surface area contributed by atoms with Crippen LogP contribution >= 0.6 is 0 Å². The minimum absolute atomic E-state index is 0.0508. The van der Waals surface area contributed by atoms with Gasteiger partial charge in [0.05, 0.1) is 19.6 Å². The zero-order chi connectivity index (χ0) is 12.3. The van der Waals surface area contributed by atoms with E-state index in [1.807, 2.05) is 18.2 Å². The Morgan fingerprint density at radius 3 is 3.06 bits per heavy atom. The molecule has 1 aliphatic heterocycles. The third-order valence-corrected chi connectivity index (χ3v) is 3.04. The van der Waals surface area contributed by atoms with Crippen LogP contribution in [0.4, 0.5) is 5.69 Å². The lowest BCUT2D eigenvalue weighted by atomic mass is 10.2. The molecule has 0 spiro atoms. The Morgan fingerprint density at radius 2 is 2.29 bits per heavy atom. The number of aliphatic hydroxyl groups is 1. The van der Waals surface area contributed by atoms with Gasteiger partial charge in [-0.2, -0.15) is 0 Å². The Balaban J connectivity index is 1.95. The number of aliphatic hydroxyl groups excluding tert-OH is 1. The van der Waals surface area contributed by atoms with Crippen LogP contribution in [0.15, 0.2) is 24.3 Å². The van der Waals surface area contributed by atoms with Crippen LogP contribution in [0.5, 0.6) is 0 Å². The number of nitrogens with zero attached hydrogens (tertiary/aromatic N) is 1. The average molecular weight is 235 g/mol. The molecule has 4 nitrogen and oxygen atoms in total. The molecule has 0 fully saturated rings. The van der Waals surface area contributed by atoms with Gasteiger partial charge in [-0.1, -0.05) is 18.2 Å². The summed E-state index contributed by atoms with van der Waals surface area (Å²) in [7, 11) is 1.33. The number of carbonyl (C=O) groups is 1. The number of carbonyl (C=O) groups excluding carboxylic acids is 1. The maximum absolute atomic E-state index is 11.0. The van der Waals surface area contributed by atoms with Crippen molar-refractivity contribution in [2.24, 2.45) is 0 Å².